The molecule has 2 aromatic heterocycles. The molecule has 0 spiro atoms. The van der Waals surface area contributed by atoms with E-state index in [4.69, 9.17) is 4.98 Å². The molecule has 0 atom stereocenters. The number of nitrogens with zero attached hydrogens (tertiary/aromatic N) is 6. The van der Waals surface area contributed by atoms with E-state index in [1.54, 1.807) is 6.20 Å². The quantitative estimate of drug-likeness (QED) is 0.545. The van der Waals surface area contributed by atoms with Crippen LogP contribution in [0.5, 0.6) is 0 Å². The van der Waals surface area contributed by atoms with Crippen molar-refractivity contribution in [1.82, 2.24) is 25.0 Å². The Balaban J connectivity index is 1.54. The van der Waals surface area contributed by atoms with Gasteiger partial charge in [0, 0.05) is 24.8 Å². The molecule has 136 valence electrons. The predicted molar refractivity (Wildman–Crippen MR) is 108 cm³/mol. The first-order valence-electron chi connectivity index (χ1n) is 9.01. The minimum absolute atomic E-state index is 0.613. The van der Waals surface area contributed by atoms with Gasteiger partial charge in [0.1, 0.15) is 0 Å². The Hall–Kier alpha value is -3.28. The first-order valence-corrected chi connectivity index (χ1v) is 9.01. The van der Waals surface area contributed by atoms with Crippen LogP contribution in [0, 0.1) is 13.8 Å². The highest BCUT2D eigenvalue weighted by molar-refractivity contribution is 5.86. The van der Waals surface area contributed by atoms with Gasteiger partial charge in [0.05, 0.1) is 24.1 Å². The fraction of sp³-hybridized carbons (Fsp3) is 0.238. The molecule has 27 heavy (non-hydrogen) atoms. The summed E-state index contributed by atoms with van der Waals surface area (Å²) >= 11 is 0. The maximum Gasteiger partial charge on any atom is 0.245 e. The molecule has 4 aromatic rings. The minimum Gasteiger partial charge on any atom is -0.341 e. The van der Waals surface area contributed by atoms with Gasteiger partial charge in [-0.2, -0.15) is 10.2 Å². The van der Waals surface area contributed by atoms with Gasteiger partial charge in [0.2, 0.25) is 5.95 Å². The summed E-state index contributed by atoms with van der Waals surface area (Å²) in [6.07, 6.45) is 1.71. The number of hydrogen-bond donors (Lipinski definition) is 0. The molecule has 0 radical (unpaired) electrons. The van der Waals surface area contributed by atoms with Gasteiger partial charge in [-0.05, 0) is 36.8 Å². The second kappa shape index (κ2) is 7.15. The number of hydrogen-bond acceptors (Lipinski definition) is 5. The Morgan fingerprint density at radius 2 is 1.81 bits per heavy atom. The van der Waals surface area contributed by atoms with Crippen LogP contribution in [0.15, 0.2) is 54.7 Å². The largest absolute Gasteiger partial charge is 0.341 e. The lowest BCUT2D eigenvalue weighted by atomic mass is 10.1. The molecule has 6 nitrogen and oxygen atoms in total. The average molecular weight is 358 g/mol. The number of aryl methyl sites for hydroxylation is 2. The summed E-state index contributed by atoms with van der Waals surface area (Å²) in [5.41, 5.74) is 4.05. The third-order valence-corrected chi connectivity index (χ3v) is 4.68. The Labute approximate surface area is 158 Å². The van der Waals surface area contributed by atoms with Gasteiger partial charge in [-0.3, -0.25) is 4.68 Å². The topological polar surface area (TPSA) is 59.7 Å². The van der Waals surface area contributed by atoms with Crippen molar-refractivity contribution in [2.45, 2.75) is 20.4 Å². The molecule has 0 aliphatic heterocycles. The van der Waals surface area contributed by atoms with E-state index in [0.717, 1.165) is 35.7 Å². The molecule has 0 amide bonds. The second-order valence-electron chi connectivity index (χ2n) is 6.78. The van der Waals surface area contributed by atoms with Gasteiger partial charge in [-0.1, -0.05) is 36.4 Å². The summed E-state index contributed by atoms with van der Waals surface area (Å²) in [6, 6.07) is 16.7. The standard InChI is InChI=1S/C21H22N6/c1-15-12-16(2)27(25-15)11-10-26(3)21-23-20(14-22-24-21)19-9-8-17-6-4-5-7-18(17)13-19/h4-9,12-14H,10-11H2,1-3H3. The van der Waals surface area contributed by atoms with E-state index >= 15 is 0 Å². The Kier molecular flexibility index (Phi) is 4.54. The normalized spacial score (nSPS) is 11.1. The SMILES string of the molecule is Cc1cc(C)n(CCN(C)c2nncc(-c3ccc4ccccc4c3)n2)n1. The van der Waals surface area contributed by atoms with Gasteiger partial charge in [0.25, 0.3) is 0 Å². The van der Waals surface area contributed by atoms with E-state index in [2.05, 4.69) is 58.6 Å². The molecule has 6 heteroatoms. The number of benzene rings is 2. The molecule has 0 saturated heterocycles. The number of likely N-dealkylation sites (N-methyl/N-ethyl adjacent to an activating group) is 1. The zero-order chi connectivity index (χ0) is 18.8. The molecule has 0 bridgehead atoms. The van der Waals surface area contributed by atoms with Gasteiger partial charge < -0.3 is 4.90 Å². The smallest absolute Gasteiger partial charge is 0.245 e. The van der Waals surface area contributed by atoms with Crippen molar-refractivity contribution in [1.29, 1.82) is 0 Å². The summed E-state index contributed by atoms with van der Waals surface area (Å²) < 4.78 is 2.01. The third-order valence-electron chi connectivity index (χ3n) is 4.68. The van der Waals surface area contributed by atoms with Crippen LogP contribution in [-0.2, 0) is 6.54 Å². The summed E-state index contributed by atoms with van der Waals surface area (Å²) in [5, 5.41) is 15.3. The highest BCUT2D eigenvalue weighted by atomic mass is 15.3. The Morgan fingerprint density at radius 3 is 2.59 bits per heavy atom. The fourth-order valence-electron chi connectivity index (χ4n) is 3.19. The number of aromatic nitrogens is 5. The van der Waals surface area contributed by atoms with E-state index < -0.39 is 0 Å². The van der Waals surface area contributed by atoms with Crippen molar-refractivity contribution in [3.8, 4) is 11.3 Å². The first-order chi connectivity index (χ1) is 13.1. The maximum absolute atomic E-state index is 4.71. The van der Waals surface area contributed by atoms with Gasteiger partial charge in [-0.25, -0.2) is 4.98 Å². The van der Waals surface area contributed by atoms with Crippen molar-refractivity contribution in [3.63, 3.8) is 0 Å². The zero-order valence-corrected chi connectivity index (χ0v) is 15.8. The molecule has 0 N–H and O–H groups in total. The zero-order valence-electron chi connectivity index (χ0n) is 15.8. The van der Waals surface area contributed by atoms with Gasteiger partial charge >= 0.3 is 0 Å². The summed E-state index contributed by atoms with van der Waals surface area (Å²) in [4.78, 5) is 6.72. The Morgan fingerprint density at radius 1 is 1.00 bits per heavy atom. The minimum atomic E-state index is 0.613. The van der Waals surface area contributed by atoms with Crippen LogP contribution in [0.25, 0.3) is 22.0 Å². The van der Waals surface area contributed by atoms with Crippen molar-refractivity contribution in [2.75, 3.05) is 18.5 Å². The lowest BCUT2D eigenvalue weighted by molar-refractivity contribution is 0.587. The Bertz CT molecular complexity index is 1080. The number of rotatable bonds is 5. The number of anilines is 1. The van der Waals surface area contributed by atoms with Crippen LogP contribution in [0.1, 0.15) is 11.4 Å². The molecule has 4 rings (SSSR count). The van der Waals surface area contributed by atoms with Crippen LogP contribution < -0.4 is 4.90 Å². The summed E-state index contributed by atoms with van der Waals surface area (Å²) in [5.74, 6) is 0.613. The molecule has 0 saturated carbocycles. The average Bonchev–Trinajstić information content (AvgIpc) is 3.03. The second-order valence-corrected chi connectivity index (χ2v) is 6.78. The third kappa shape index (κ3) is 3.65. The summed E-state index contributed by atoms with van der Waals surface area (Å²) in [6.45, 7) is 5.61. The summed E-state index contributed by atoms with van der Waals surface area (Å²) in [7, 11) is 1.98. The van der Waals surface area contributed by atoms with Crippen LogP contribution in [-0.4, -0.2) is 38.6 Å². The molecule has 2 heterocycles. The molecule has 0 aliphatic rings. The van der Waals surface area contributed by atoms with E-state index in [0.29, 0.717) is 5.95 Å². The lowest BCUT2D eigenvalue weighted by Gasteiger charge is -2.17. The van der Waals surface area contributed by atoms with Gasteiger partial charge in [0.15, 0.2) is 0 Å². The highest BCUT2D eigenvalue weighted by Crippen LogP contribution is 2.23. The molecular formula is C21H22N6. The van der Waals surface area contributed by atoms with E-state index in [1.807, 2.05) is 35.7 Å². The van der Waals surface area contributed by atoms with Crippen molar-refractivity contribution >= 4 is 16.7 Å². The van der Waals surface area contributed by atoms with Crippen molar-refractivity contribution in [3.05, 3.63) is 66.1 Å². The van der Waals surface area contributed by atoms with E-state index in [-0.39, 0.29) is 0 Å². The molecule has 0 aliphatic carbocycles. The van der Waals surface area contributed by atoms with Crippen molar-refractivity contribution in [2.24, 2.45) is 0 Å². The molecule has 2 aromatic carbocycles. The number of fused-ring (bicyclic) bond motifs is 1. The molecular weight excluding hydrogens is 336 g/mol. The van der Waals surface area contributed by atoms with Gasteiger partial charge in [-0.15, -0.1) is 5.10 Å². The van der Waals surface area contributed by atoms with Crippen LogP contribution in [0.4, 0.5) is 5.95 Å². The fourth-order valence-corrected chi connectivity index (χ4v) is 3.19. The molecule has 0 fully saturated rings. The first kappa shape index (κ1) is 17.1. The van der Waals surface area contributed by atoms with Crippen LogP contribution >= 0.6 is 0 Å². The van der Waals surface area contributed by atoms with E-state index in [9.17, 15) is 0 Å². The van der Waals surface area contributed by atoms with Crippen molar-refractivity contribution < 1.29 is 0 Å². The lowest BCUT2D eigenvalue weighted by Crippen LogP contribution is -2.25. The molecule has 0 unspecified atom stereocenters. The van der Waals surface area contributed by atoms with E-state index in [1.165, 1.54) is 10.8 Å². The maximum atomic E-state index is 4.71. The monoisotopic (exact) mass is 358 g/mol. The predicted octanol–water partition coefficient (Wildman–Crippen LogP) is 3.64. The van der Waals surface area contributed by atoms with Crippen LogP contribution in [0.2, 0.25) is 0 Å². The van der Waals surface area contributed by atoms with Crippen LogP contribution in [0.3, 0.4) is 0 Å². The highest BCUT2D eigenvalue weighted by Gasteiger charge is 2.10.